The van der Waals surface area contributed by atoms with Crippen LogP contribution < -0.4 is 0 Å². The number of pyridine rings is 1. The van der Waals surface area contributed by atoms with E-state index < -0.39 is 0 Å². The number of nitrogens with one attached hydrogen (secondary N) is 1. The van der Waals surface area contributed by atoms with Crippen LogP contribution in [0.1, 0.15) is 51.1 Å². The van der Waals surface area contributed by atoms with E-state index in [1.807, 2.05) is 0 Å². The van der Waals surface area contributed by atoms with Gasteiger partial charge >= 0.3 is 0 Å². The van der Waals surface area contributed by atoms with Crippen molar-refractivity contribution in [2.45, 2.75) is 53.4 Å². The van der Waals surface area contributed by atoms with Gasteiger partial charge in [-0.3, -0.25) is 4.98 Å². The highest BCUT2D eigenvalue weighted by Gasteiger charge is 2.29. The molecule has 1 unspecified atom stereocenters. The lowest BCUT2D eigenvalue weighted by molar-refractivity contribution is 0.215. The molecule has 0 radical (unpaired) electrons. The molecule has 0 aromatic carbocycles. The van der Waals surface area contributed by atoms with Crippen LogP contribution in [0.3, 0.4) is 0 Å². The monoisotopic (exact) mass is 256 g/mol. The molecule has 0 fully saturated rings. The van der Waals surface area contributed by atoms with Crippen LogP contribution in [0.5, 0.6) is 0 Å². The molecule has 2 heteroatoms. The Bertz CT molecular complexity index is 601. The van der Waals surface area contributed by atoms with Gasteiger partial charge in [0.15, 0.2) is 0 Å². The van der Waals surface area contributed by atoms with Gasteiger partial charge in [-0.1, -0.05) is 27.7 Å². The third-order valence-electron chi connectivity index (χ3n) is 4.63. The number of aromatic nitrogens is 2. The minimum absolute atomic E-state index is 0.400. The van der Waals surface area contributed by atoms with Gasteiger partial charge in [-0.2, -0.15) is 0 Å². The Hall–Kier alpha value is -1.31. The summed E-state index contributed by atoms with van der Waals surface area (Å²) < 4.78 is 0. The summed E-state index contributed by atoms with van der Waals surface area (Å²) in [6.45, 7) is 9.26. The first kappa shape index (κ1) is 12.7. The van der Waals surface area contributed by atoms with Crippen molar-refractivity contribution in [3.8, 4) is 0 Å². The quantitative estimate of drug-likeness (QED) is 0.810. The minimum Gasteiger partial charge on any atom is -0.357 e. The normalized spacial score (nSPS) is 19.7. The fourth-order valence-corrected chi connectivity index (χ4v) is 3.19. The average molecular weight is 256 g/mol. The fraction of sp³-hybridized carbons (Fsp3) is 0.588. The standard InChI is InChI=1S/C17H24N2/c1-5-13-10-16-15(18-13)9-11-8-12(17(2,3)4)6-7-14(11)19-16/h9-10,12,18H,5-8H2,1-4H3. The van der Waals surface area contributed by atoms with E-state index in [9.17, 15) is 0 Å². The number of hydrogen-bond acceptors (Lipinski definition) is 1. The average Bonchev–Trinajstić information content (AvgIpc) is 2.75. The van der Waals surface area contributed by atoms with Gasteiger partial charge in [-0.05, 0) is 54.7 Å². The number of H-pyrrole nitrogens is 1. The van der Waals surface area contributed by atoms with Crippen molar-refractivity contribution in [3.05, 3.63) is 29.1 Å². The molecule has 2 aromatic heterocycles. The lowest BCUT2D eigenvalue weighted by Crippen LogP contribution is -2.27. The van der Waals surface area contributed by atoms with E-state index >= 15 is 0 Å². The number of rotatable bonds is 1. The molecule has 1 aliphatic rings. The van der Waals surface area contributed by atoms with Crippen molar-refractivity contribution < 1.29 is 0 Å². The molecule has 2 heterocycles. The molecule has 102 valence electrons. The molecular weight excluding hydrogens is 232 g/mol. The number of nitrogens with zero attached hydrogens (tertiary/aromatic N) is 1. The van der Waals surface area contributed by atoms with E-state index in [-0.39, 0.29) is 0 Å². The van der Waals surface area contributed by atoms with Gasteiger partial charge in [-0.25, -0.2) is 0 Å². The van der Waals surface area contributed by atoms with Crippen LogP contribution in [0.15, 0.2) is 12.1 Å². The van der Waals surface area contributed by atoms with Crippen molar-refractivity contribution in [2.75, 3.05) is 0 Å². The predicted molar refractivity (Wildman–Crippen MR) is 80.4 cm³/mol. The number of aryl methyl sites for hydroxylation is 2. The second-order valence-corrected chi connectivity index (χ2v) is 6.98. The number of fused-ring (bicyclic) bond motifs is 2. The van der Waals surface area contributed by atoms with Gasteiger partial charge in [0.1, 0.15) is 0 Å². The summed E-state index contributed by atoms with van der Waals surface area (Å²) in [6.07, 6.45) is 4.65. The van der Waals surface area contributed by atoms with Gasteiger partial charge in [0.25, 0.3) is 0 Å². The highest BCUT2D eigenvalue weighted by molar-refractivity contribution is 5.77. The lowest BCUT2D eigenvalue weighted by atomic mass is 9.71. The van der Waals surface area contributed by atoms with E-state index in [0.29, 0.717) is 5.41 Å². The van der Waals surface area contributed by atoms with Crippen LogP contribution in [0.25, 0.3) is 11.0 Å². The SMILES string of the molecule is CCc1cc2nc3c(cc2[nH]1)CC(C(C)(C)C)CC3. The Morgan fingerprint density at radius 1 is 1.32 bits per heavy atom. The maximum Gasteiger partial charge on any atom is 0.0885 e. The molecule has 3 rings (SSSR count). The summed E-state index contributed by atoms with van der Waals surface area (Å²) in [7, 11) is 0. The van der Waals surface area contributed by atoms with Gasteiger partial charge in [0.2, 0.25) is 0 Å². The van der Waals surface area contributed by atoms with Gasteiger partial charge in [0.05, 0.1) is 11.0 Å². The summed E-state index contributed by atoms with van der Waals surface area (Å²) in [5.41, 5.74) is 6.83. The van der Waals surface area contributed by atoms with E-state index in [0.717, 1.165) is 24.3 Å². The third-order valence-corrected chi connectivity index (χ3v) is 4.63. The van der Waals surface area contributed by atoms with Gasteiger partial charge in [-0.15, -0.1) is 0 Å². The molecule has 1 aliphatic carbocycles. The highest BCUT2D eigenvalue weighted by atomic mass is 14.8. The first-order valence-corrected chi connectivity index (χ1v) is 7.47. The third kappa shape index (κ3) is 2.29. The highest BCUT2D eigenvalue weighted by Crippen LogP contribution is 2.37. The van der Waals surface area contributed by atoms with Crippen molar-refractivity contribution in [1.29, 1.82) is 0 Å². The molecule has 2 aromatic rings. The first-order chi connectivity index (χ1) is 8.97. The van der Waals surface area contributed by atoms with Gasteiger partial charge in [0, 0.05) is 11.4 Å². The van der Waals surface area contributed by atoms with Crippen molar-refractivity contribution >= 4 is 11.0 Å². The van der Waals surface area contributed by atoms with Crippen molar-refractivity contribution in [2.24, 2.45) is 11.3 Å². The molecule has 0 aliphatic heterocycles. The zero-order valence-electron chi connectivity index (χ0n) is 12.5. The summed E-state index contributed by atoms with van der Waals surface area (Å²) in [5, 5.41) is 0. The van der Waals surface area contributed by atoms with Gasteiger partial charge < -0.3 is 4.98 Å². The minimum atomic E-state index is 0.400. The lowest BCUT2D eigenvalue weighted by Gasteiger charge is -2.34. The Morgan fingerprint density at radius 3 is 2.79 bits per heavy atom. The Kier molecular flexibility index (Phi) is 2.92. The number of hydrogen-bond donors (Lipinski definition) is 1. The molecule has 0 saturated heterocycles. The molecule has 0 bridgehead atoms. The van der Waals surface area contributed by atoms with E-state index in [1.54, 1.807) is 0 Å². The second kappa shape index (κ2) is 4.36. The van der Waals surface area contributed by atoms with Crippen molar-refractivity contribution in [1.82, 2.24) is 9.97 Å². The smallest absolute Gasteiger partial charge is 0.0885 e. The van der Waals surface area contributed by atoms with E-state index in [2.05, 4.69) is 44.8 Å². The topological polar surface area (TPSA) is 28.7 Å². The molecule has 0 saturated carbocycles. The Morgan fingerprint density at radius 2 is 2.11 bits per heavy atom. The maximum absolute atomic E-state index is 4.87. The molecular formula is C17H24N2. The predicted octanol–water partition coefficient (Wildman–Crippen LogP) is 4.28. The van der Waals surface area contributed by atoms with Crippen LogP contribution in [-0.2, 0) is 19.3 Å². The van der Waals surface area contributed by atoms with Crippen LogP contribution in [0.4, 0.5) is 0 Å². The Labute approximate surface area is 115 Å². The molecule has 0 spiro atoms. The fourth-order valence-electron chi connectivity index (χ4n) is 3.19. The molecule has 1 N–H and O–H groups in total. The maximum atomic E-state index is 4.87. The molecule has 1 atom stereocenters. The first-order valence-electron chi connectivity index (χ1n) is 7.47. The summed E-state index contributed by atoms with van der Waals surface area (Å²) in [6, 6.07) is 4.54. The van der Waals surface area contributed by atoms with E-state index in [4.69, 9.17) is 4.98 Å². The second-order valence-electron chi connectivity index (χ2n) is 6.98. The molecule has 19 heavy (non-hydrogen) atoms. The zero-order chi connectivity index (χ0) is 13.6. The van der Waals surface area contributed by atoms with Crippen LogP contribution in [0, 0.1) is 11.3 Å². The molecule has 2 nitrogen and oxygen atoms in total. The number of aromatic amines is 1. The van der Waals surface area contributed by atoms with Crippen molar-refractivity contribution in [3.63, 3.8) is 0 Å². The van der Waals surface area contributed by atoms with Crippen LogP contribution in [0.2, 0.25) is 0 Å². The molecule has 0 amide bonds. The Balaban J connectivity index is 2.00. The zero-order valence-corrected chi connectivity index (χ0v) is 12.5. The van der Waals surface area contributed by atoms with Crippen LogP contribution in [-0.4, -0.2) is 9.97 Å². The summed E-state index contributed by atoms with van der Waals surface area (Å²) in [5.74, 6) is 0.778. The summed E-state index contributed by atoms with van der Waals surface area (Å²) in [4.78, 5) is 8.36. The largest absolute Gasteiger partial charge is 0.357 e. The van der Waals surface area contributed by atoms with Crippen LogP contribution >= 0.6 is 0 Å². The van der Waals surface area contributed by atoms with E-state index in [1.165, 1.54) is 35.3 Å². The summed E-state index contributed by atoms with van der Waals surface area (Å²) >= 11 is 0.